The number of hydrogen-bond acceptors (Lipinski definition) is 8. The molecule has 0 saturated carbocycles. The number of esters is 1. The van der Waals surface area contributed by atoms with Crippen LogP contribution < -0.4 is 0 Å². The second kappa shape index (κ2) is 8.98. The van der Waals surface area contributed by atoms with E-state index < -0.39 is 6.04 Å². The smallest absolute Gasteiger partial charge is 0.308 e. The van der Waals surface area contributed by atoms with Crippen LogP contribution in [0.5, 0.6) is 0 Å². The summed E-state index contributed by atoms with van der Waals surface area (Å²) < 4.78 is 6.98. The van der Waals surface area contributed by atoms with Crippen LogP contribution in [-0.4, -0.2) is 39.3 Å². The summed E-state index contributed by atoms with van der Waals surface area (Å²) in [6, 6.07) is 11.5. The third-order valence-corrected chi connectivity index (χ3v) is 8.65. The Kier molecular flexibility index (Phi) is 5.98. The van der Waals surface area contributed by atoms with Gasteiger partial charge in [0.05, 0.1) is 24.1 Å². The summed E-state index contributed by atoms with van der Waals surface area (Å²) in [5, 5.41) is 9.70. The fourth-order valence-electron chi connectivity index (χ4n) is 4.24. The lowest BCUT2D eigenvalue weighted by Gasteiger charge is -2.12. The highest BCUT2D eigenvalue weighted by Crippen LogP contribution is 2.40. The zero-order valence-electron chi connectivity index (χ0n) is 20.1. The van der Waals surface area contributed by atoms with E-state index in [0.29, 0.717) is 5.82 Å². The summed E-state index contributed by atoms with van der Waals surface area (Å²) in [5.41, 5.74) is 4.99. The van der Waals surface area contributed by atoms with Gasteiger partial charge in [0, 0.05) is 20.9 Å². The van der Waals surface area contributed by atoms with Gasteiger partial charge in [0.25, 0.3) is 0 Å². The highest BCUT2D eigenvalue weighted by Gasteiger charge is 2.32. The van der Waals surface area contributed by atoms with Gasteiger partial charge >= 0.3 is 5.97 Å². The van der Waals surface area contributed by atoms with Gasteiger partial charge in [0.1, 0.15) is 16.9 Å². The second-order valence-corrected chi connectivity index (χ2v) is 10.8. The average Bonchev–Trinajstić information content (AvgIpc) is 3.53. The molecule has 178 valence electrons. The molecule has 1 atom stereocenters. The van der Waals surface area contributed by atoms with Crippen molar-refractivity contribution in [3.8, 4) is 15.4 Å². The number of benzene rings is 1. The fraction of sp³-hybridized carbons (Fsp3) is 0.269. The Labute approximate surface area is 211 Å². The molecule has 35 heavy (non-hydrogen) atoms. The minimum atomic E-state index is -0.520. The van der Waals surface area contributed by atoms with Crippen molar-refractivity contribution in [2.75, 3.05) is 7.11 Å². The average molecular weight is 505 g/mol. The number of methoxy groups -OCH3 is 1. The van der Waals surface area contributed by atoms with Crippen LogP contribution in [0.1, 0.15) is 62.3 Å². The van der Waals surface area contributed by atoms with Crippen LogP contribution in [0.15, 0.2) is 41.4 Å². The van der Waals surface area contributed by atoms with E-state index in [2.05, 4.69) is 24.0 Å². The van der Waals surface area contributed by atoms with Crippen LogP contribution in [0, 0.1) is 20.8 Å². The summed E-state index contributed by atoms with van der Waals surface area (Å²) >= 11 is 3.17. The fourth-order valence-corrected chi connectivity index (χ4v) is 6.36. The molecule has 1 aliphatic heterocycles. The van der Waals surface area contributed by atoms with Crippen molar-refractivity contribution in [2.45, 2.75) is 40.2 Å². The van der Waals surface area contributed by atoms with Crippen LogP contribution >= 0.6 is 22.7 Å². The summed E-state index contributed by atoms with van der Waals surface area (Å²) in [7, 11) is 1.38. The summed E-state index contributed by atoms with van der Waals surface area (Å²) in [4.78, 5) is 32.0. The minimum Gasteiger partial charge on any atom is -0.469 e. The van der Waals surface area contributed by atoms with Crippen molar-refractivity contribution < 1.29 is 14.3 Å². The number of aromatic nitrogens is 3. The molecule has 0 radical (unpaired) electrons. The first kappa shape index (κ1) is 23.3. The molecule has 0 bridgehead atoms. The lowest BCUT2D eigenvalue weighted by Crippen LogP contribution is -2.12. The van der Waals surface area contributed by atoms with Gasteiger partial charge in [-0.05, 0) is 51.0 Å². The quantitative estimate of drug-likeness (QED) is 0.259. The van der Waals surface area contributed by atoms with Gasteiger partial charge in [-0.2, -0.15) is 0 Å². The Bertz CT molecular complexity index is 1490. The molecule has 0 amide bonds. The number of aryl methyl sites for hydroxylation is 2. The molecule has 0 N–H and O–H groups in total. The molecule has 4 aromatic rings. The van der Waals surface area contributed by atoms with Gasteiger partial charge in [-0.25, -0.2) is 0 Å². The molecular weight excluding hydrogens is 480 g/mol. The van der Waals surface area contributed by atoms with Crippen LogP contribution in [0.4, 0.5) is 0 Å². The highest BCUT2D eigenvalue weighted by molar-refractivity contribution is 7.17. The van der Waals surface area contributed by atoms with Crippen molar-refractivity contribution >= 4 is 40.1 Å². The zero-order chi connectivity index (χ0) is 24.9. The van der Waals surface area contributed by atoms with Gasteiger partial charge in [0.15, 0.2) is 11.6 Å². The number of aliphatic imine (C=N–C) groups is 1. The van der Waals surface area contributed by atoms with E-state index in [4.69, 9.17) is 9.73 Å². The molecule has 0 aliphatic carbocycles. The Morgan fingerprint density at radius 2 is 1.71 bits per heavy atom. The number of hydrogen-bond donors (Lipinski definition) is 0. The largest absolute Gasteiger partial charge is 0.469 e. The Balaban J connectivity index is 1.65. The van der Waals surface area contributed by atoms with E-state index in [1.54, 1.807) is 18.3 Å². The predicted molar refractivity (Wildman–Crippen MR) is 138 cm³/mol. The first-order valence-electron chi connectivity index (χ1n) is 11.2. The molecule has 5 rings (SSSR count). The molecule has 4 heterocycles. The normalized spacial score (nSPS) is 14.7. The van der Waals surface area contributed by atoms with Crippen molar-refractivity contribution in [1.29, 1.82) is 0 Å². The molecule has 9 heteroatoms. The number of ketones is 1. The zero-order valence-corrected chi connectivity index (χ0v) is 21.7. The number of nitrogens with zero attached hydrogens (tertiary/aromatic N) is 4. The Morgan fingerprint density at radius 1 is 1.00 bits per heavy atom. The van der Waals surface area contributed by atoms with E-state index in [0.717, 1.165) is 48.5 Å². The minimum absolute atomic E-state index is 0.0699. The standard InChI is InChI=1S/C26H24N4O3S2/c1-13-15(3)34-26-23(13)24(27-19(12-22(32)33-5)25-29-28-16(4)30(25)26)18-8-6-17(7-9-18)21-11-10-20(35-21)14(2)31/h6-11,19H,12H2,1-5H3/t19-/m0/s1. The number of rotatable bonds is 5. The summed E-state index contributed by atoms with van der Waals surface area (Å²) in [6.45, 7) is 7.70. The van der Waals surface area contributed by atoms with Crippen molar-refractivity contribution in [3.05, 3.63) is 74.5 Å². The molecule has 0 unspecified atom stereocenters. The van der Waals surface area contributed by atoms with Crippen LogP contribution in [0.3, 0.4) is 0 Å². The van der Waals surface area contributed by atoms with Crippen LogP contribution in [0.2, 0.25) is 0 Å². The monoisotopic (exact) mass is 504 g/mol. The van der Waals surface area contributed by atoms with Crippen molar-refractivity contribution in [1.82, 2.24) is 14.8 Å². The van der Waals surface area contributed by atoms with Crippen molar-refractivity contribution in [2.24, 2.45) is 4.99 Å². The molecule has 0 spiro atoms. The third kappa shape index (κ3) is 4.04. The molecule has 0 fully saturated rings. The van der Waals surface area contributed by atoms with Gasteiger partial charge in [-0.15, -0.1) is 32.9 Å². The molecular formula is C26H24N4O3S2. The van der Waals surface area contributed by atoms with E-state index in [9.17, 15) is 9.59 Å². The Hall–Kier alpha value is -3.43. The van der Waals surface area contributed by atoms with E-state index in [-0.39, 0.29) is 18.2 Å². The predicted octanol–water partition coefficient (Wildman–Crippen LogP) is 5.64. The van der Waals surface area contributed by atoms with E-state index in [1.807, 2.05) is 47.9 Å². The SMILES string of the molecule is COC(=O)C[C@@H]1N=C(c2ccc(-c3ccc(C(C)=O)s3)cc2)c2c(sc(C)c2C)-n2c(C)nnc21. The number of fused-ring (bicyclic) bond motifs is 3. The first-order chi connectivity index (χ1) is 16.8. The lowest BCUT2D eigenvalue weighted by atomic mass is 9.98. The molecule has 1 aliphatic rings. The first-order valence-corrected chi connectivity index (χ1v) is 12.8. The maximum absolute atomic E-state index is 12.3. The summed E-state index contributed by atoms with van der Waals surface area (Å²) in [5.74, 6) is 1.11. The van der Waals surface area contributed by atoms with Gasteiger partial charge in [-0.1, -0.05) is 24.3 Å². The number of carbonyl (C=O) groups is 2. The van der Waals surface area contributed by atoms with E-state index >= 15 is 0 Å². The maximum Gasteiger partial charge on any atom is 0.308 e. The molecule has 3 aromatic heterocycles. The summed E-state index contributed by atoms with van der Waals surface area (Å²) in [6.07, 6.45) is 0.0756. The third-order valence-electron chi connectivity index (χ3n) is 6.22. The Morgan fingerprint density at radius 3 is 2.37 bits per heavy atom. The van der Waals surface area contributed by atoms with Gasteiger partial charge in [0.2, 0.25) is 0 Å². The van der Waals surface area contributed by atoms with Crippen LogP contribution in [0.25, 0.3) is 15.4 Å². The number of ether oxygens (including phenoxy) is 1. The van der Waals surface area contributed by atoms with E-state index in [1.165, 1.54) is 23.3 Å². The molecule has 0 saturated heterocycles. The number of carbonyl (C=O) groups excluding carboxylic acids is 2. The van der Waals surface area contributed by atoms with Gasteiger partial charge < -0.3 is 4.74 Å². The topological polar surface area (TPSA) is 86.4 Å². The number of thiophene rings is 2. The second-order valence-electron chi connectivity index (χ2n) is 8.48. The van der Waals surface area contributed by atoms with Gasteiger partial charge in [-0.3, -0.25) is 19.1 Å². The highest BCUT2D eigenvalue weighted by atomic mass is 32.1. The maximum atomic E-state index is 12.3. The van der Waals surface area contributed by atoms with Crippen LogP contribution in [-0.2, 0) is 9.53 Å². The van der Waals surface area contributed by atoms with Crippen molar-refractivity contribution in [3.63, 3.8) is 0 Å². The molecule has 7 nitrogen and oxygen atoms in total. The lowest BCUT2D eigenvalue weighted by molar-refractivity contribution is -0.141. The number of Topliss-reactive ketones (excluding diaryl/α,β-unsaturated/α-hetero) is 1. The molecule has 1 aromatic carbocycles.